The Balaban J connectivity index is 1.66. The van der Waals surface area contributed by atoms with E-state index in [1.807, 2.05) is 12.1 Å². The zero-order valence-corrected chi connectivity index (χ0v) is 11.7. The Morgan fingerprint density at radius 2 is 1.81 bits per heavy atom. The van der Waals surface area contributed by atoms with Crippen molar-refractivity contribution in [2.45, 2.75) is 19.5 Å². The molecule has 0 aromatic heterocycles. The number of amides is 1. The lowest BCUT2D eigenvalue weighted by Gasteiger charge is -2.28. The molecular weight excluding hydrogens is 264 g/mol. The third kappa shape index (κ3) is 3.12. The average Bonchev–Trinajstić information content (AvgIpc) is 2.55. The van der Waals surface area contributed by atoms with E-state index in [1.165, 1.54) is 16.7 Å². The van der Waals surface area contributed by atoms with Crippen LogP contribution in [0.2, 0.25) is 0 Å². The van der Waals surface area contributed by atoms with Crippen molar-refractivity contribution in [2.24, 2.45) is 0 Å². The van der Waals surface area contributed by atoms with Gasteiger partial charge in [0, 0.05) is 25.2 Å². The molecule has 2 N–H and O–H groups in total. The molecule has 2 aromatic rings. The average molecular weight is 282 g/mol. The minimum atomic E-state index is -0.478. The molecule has 108 valence electrons. The molecule has 0 spiro atoms. The van der Waals surface area contributed by atoms with Crippen LogP contribution in [-0.4, -0.2) is 22.6 Å². The lowest BCUT2D eigenvalue weighted by Crippen LogP contribution is -2.30. The van der Waals surface area contributed by atoms with Crippen molar-refractivity contribution in [1.82, 2.24) is 10.4 Å². The van der Waals surface area contributed by atoms with Gasteiger partial charge in [-0.15, -0.1) is 0 Å². The summed E-state index contributed by atoms with van der Waals surface area (Å²) >= 11 is 0. The molecule has 0 aliphatic carbocycles. The van der Waals surface area contributed by atoms with Crippen molar-refractivity contribution < 1.29 is 10.0 Å². The second-order valence-electron chi connectivity index (χ2n) is 5.37. The quantitative estimate of drug-likeness (QED) is 0.671. The molecule has 0 bridgehead atoms. The van der Waals surface area contributed by atoms with Gasteiger partial charge in [-0.3, -0.25) is 14.9 Å². The third-order valence-corrected chi connectivity index (χ3v) is 3.93. The fraction of sp³-hybridized carbons (Fsp3) is 0.235. The van der Waals surface area contributed by atoms with Crippen LogP contribution in [0, 0.1) is 0 Å². The van der Waals surface area contributed by atoms with Crippen LogP contribution in [0.5, 0.6) is 0 Å². The van der Waals surface area contributed by atoms with Crippen molar-refractivity contribution >= 4 is 5.91 Å². The van der Waals surface area contributed by atoms with Gasteiger partial charge in [0.1, 0.15) is 0 Å². The number of carbonyl (C=O) groups excluding carboxylic acids is 1. The summed E-state index contributed by atoms with van der Waals surface area (Å²) in [6.07, 6.45) is 1.08. The van der Waals surface area contributed by atoms with E-state index in [9.17, 15) is 4.79 Å². The molecule has 0 saturated heterocycles. The van der Waals surface area contributed by atoms with Gasteiger partial charge >= 0.3 is 0 Å². The van der Waals surface area contributed by atoms with Crippen LogP contribution in [-0.2, 0) is 19.5 Å². The van der Waals surface area contributed by atoms with Gasteiger partial charge in [0.15, 0.2) is 0 Å². The zero-order valence-electron chi connectivity index (χ0n) is 11.7. The van der Waals surface area contributed by atoms with Gasteiger partial charge in [0.05, 0.1) is 0 Å². The van der Waals surface area contributed by atoms with E-state index < -0.39 is 5.91 Å². The highest BCUT2D eigenvalue weighted by molar-refractivity contribution is 5.93. The van der Waals surface area contributed by atoms with Crippen LogP contribution < -0.4 is 5.48 Å². The molecular formula is C17H18N2O2. The molecule has 4 heteroatoms. The van der Waals surface area contributed by atoms with Crippen LogP contribution in [0.25, 0.3) is 0 Å². The summed E-state index contributed by atoms with van der Waals surface area (Å²) in [4.78, 5) is 13.7. The van der Waals surface area contributed by atoms with Gasteiger partial charge in [-0.25, -0.2) is 5.48 Å². The minimum absolute atomic E-state index is 0.463. The second-order valence-corrected chi connectivity index (χ2v) is 5.37. The van der Waals surface area contributed by atoms with Crippen LogP contribution in [0.3, 0.4) is 0 Å². The number of hydrogen-bond donors (Lipinski definition) is 2. The standard InChI is InChI=1S/C17H18N2O2/c20-17(18-21)15-7-5-13(6-8-15)11-19-10-9-14-3-1-2-4-16(14)12-19/h1-8,21H,9-12H2,(H,18,20). The first kappa shape index (κ1) is 13.8. The summed E-state index contributed by atoms with van der Waals surface area (Å²) in [5.41, 5.74) is 6.13. The Morgan fingerprint density at radius 1 is 1.10 bits per heavy atom. The first-order valence-electron chi connectivity index (χ1n) is 7.09. The van der Waals surface area contributed by atoms with Crippen molar-refractivity contribution in [3.8, 4) is 0 Å². The van der Waals surface area contributed by atoms with Crippen molar-refractivity contribution in [2.75, 3.05) is 6.54 Å². The highest BCUT2D eigenvalue weighted by Gasteiger charge is 2.15. The number of fused-ring (bicyclic) bond motifs is 1. The molecule has 4 nitrogen and oxygen atoms in total. The minimum Gasteiger partial charge on any atom is -0.294 e. The van der Waals surface area contributed by atoms with Crippen LogP contribution in [0.15, 0.2) is 48.5 Å². The maximum atomic E-state index is 11.3. The maximum absolute atomic E-state index is 11.3. The number of carbonyl (C=O) groups is 1. The van der Waals surface area contributed by atoms with E-state index in [1.54, 1.807) is 17.6 Å². The molecule has 21 heavy (non-hydrogen) atoms. The highest BCUT2D eigenvalue weighted by atomic mass is 16.5. The predicted molar refractivity (Wildman–Crippen MR) is 80.0 cm³/mol. The second kappa shape index (κ2) is 6.08. The van der Waals surface area contributed by atoms with Crippen molar-refractivity contribution in [1.29, 1.82) is 0 Å². The predicted octanol–water partition coefficient (Wildman–Crippen LogP) is 2.36. The summed E-state index contributed by atoms with van der Waals surface area (Å²) < 4.78 is 0. The first-order valence-corrected chi connectivity index (χ1v) is 7.09. The van der Waals surface area contributed by atoms with Gasteiger partial charge in [-0.2, -0.15) is 0 Å². The van der Waals surface area contributed by atoms with Gasteiger partial charge in [0.2, 0.25) is 0 Å². The Labute approximate surface area is 124 Å². The third-order valence-electron chi connectivity index (χ3n) is 3.93. The number of nitrogens with zero attached hydrogens (tertiary/aromatic N) is 1. The molecule has 1 aliphatic heterocycles. The van der Waals surface area contributed by atoms with E-state index in [0.29, 0.717) is 5.56 Å². The number of benzene rings is 2. The Morgan fingerprint density at radius 3 is 2.52 bits per heavy atom. The molecule has 1 aliphatic rings. The molecule has 0 radical (unpaired) electrons. The van der Waals surface area contributed by atoms with Crippen molar-refractivity contribution in [3.63, 3.8) is 0 Å². The number of nitrogens with one attached hydrogen (secondary N) is 1. The van der Waals surface area contributed by atoms with Crippen LogP contribution in [0.1, 0.15) is 27.0 Å². The fourth-order valence-corrected chi connectivity index (χ4v) is 2.77. The molecule has 1 amide bonds. The normalized spacial score (nSPS) is 14.5. The summed E-state index contributed by atoms with van der Waals surface area (Å²) in [6.45, 7) is 2.89. The molecule has 2 aromatic carbocycles. The zero-order chi connectivity index (χ0) is 14.7. The highest BCUT2D eigenvalue weighted by Crippen LogP contribution is 2.20. The summed E-state index contributed by atoms with van der Waals surface area (Å²) in [5, 5.41) is 8.60. The Hall–Kier alpha value is -2.17. The molecule has 0 unspecified atom stereocenters. The van der Waals surface area contributed by atoms with E-state index in [-0.39, 0.29) is 0 Å². The van der Waals surface area contributed by atoms with Crippen LogP contribution >= 0.6 is 0 Å². The molecule has 0 fully saturated rings. The molecule has 0 atom stereocenters. The van der Waals surface area contributed by atoms with Gasteiger partial charge in [-0.05, 0) is 35.2 Å². The van der Waals surface area contributed by atoms with E-state index in [0.717, 1.165) is 26.1 Å². The maximum Gasteiger partial charge on any atom is 0.274 e. The molecule has 1 heterocycles. The first-order chi connectivity index (χ1) is 10.3. The topological polar surface area (TPSA) is 52.6 Å². The van der Waals surface area contributed by atoms with Gasteiger partial charge in [-0.1, -0.05) is 36.4 Å². The Bertz CT molecular complexity index is 637. The number of hydrogen-bond acceptors (Lipinski definition) is 3. The SMILES string of the molecule is O=C(NO)c1ccc(CN2CCc3ccccc3C2)cc1. The molecule has 3 rings (SSSR count). The lowest BCUT2D eigenvalue weighted by molar-refractivity contribution is 0.0706. The van der Waals surface area contributed by atoms with Gasteiger partial charge < -0.3 is 0 Å². The largest absolute Gasteiger partial charge is 0.294 e. The van der Waals surface area contributed by atoms with Gasteiger partial charge in [0.25, 0.3) is 5.91 Å². The van der Waals surface area contributed by atoms with Crippen molar-refractivity contribution in [3.05, 3.63) is 70.8 Å². The summed E-state index contributed by atoms with van der Waals surface area (Å²) in [6, 6.07) is 15.9. The van der Waals surface area contributed by atoms with E-state index >= 15 is 0 Å². The van der Waals surface area contributed by atoms with Crippen LogP contribution in [0.4, 0.5) is 0 Å². The van der Waals surface area contributed by atoms with E-state index in [2.05, 4.69) is 29.2 Å². The Kier molecular flexibility index (Phi) is 3.99. The monoisotopic (exact) mass is 282 g/mol. The smallest absolute Gasteiger partial charge is 0.274 e. The summed E-state index contributed by atoms with van der Waals surface area (Å²) in [7, 11) is 0. The number of hydroxylamine groups is 1. The molecule has 0 saturated carbocycles. The number of rotatable bonds is 3. The summed E-state index contributed by atoms with van der Waals surface area (Å²) in [5.74, 6) is -0.478. The van der Waals surface area contributed by atoms with E-state index in [4.69, 9.17) is 5.21 Å². The lowest BCUT2D eigenvalue weighted by atomic mass is 9.99. The fourth-order valence-electron chi connectivity index (χ4n) is 2.77.